The van der Waals surface area contributed by atoms with Crippen molar-refractivity contribution in [3.05, 3.63) is 63.2 Å². The third-order valence-electron chi connectivity index (χ3n) is 4.89. The molecular weight excluding hydrogens is 408 g/mol. The Bertz CT molecular complexity index is 1070. The van der Waals surface area contributed by atoms with Crippen LogP contribution in [0.3, 0.4) is 0 Å². The fourth-order valence-electron chi connectivity index (χ4n) is 3.49. The number of imide groups is 1. The highest BCUT2D eigenvalue weighted by molar-refractivity contribution is 6.23. The molecule has 0 fully saturated rings. The van der Waals surface area contributed by atoms with Gasteiger partial charge in [-0.05, 0) is 30.7 Å². The zero-order valence-electron chi connectivity index (χ0n) is 17.1. The number of nitrogens with zero attached hydrogens (tertiary/aromatic N) is 2. The zero-order chi connectivity index (χ0) is 22.7. The highest BCUT2D eigenvalue weighted by Gasteiger charge is 2.45. The third-order valence-corrected chi connectivity index (χ3v) is 4.89. The average Bonchev–Trinajstić information content (AvgIpc) is 3.02. The van der Waals surface area contributed by atoms with Crippen LogP contribution in [0.4, 0.5) is 5.69 Å². The number of hydrogen-bond acceptors (Lipinski definition) is 8. The van der Waals surface area contributed by atoms with Crippen LogP contribution in [0.2, 0.25) is 0 Å². The molecule has 10 heteroatoms. The molecule has 0 unspecified atom stereocenters. The maximum atomic E-state index is 13.1. The Balaban J connectivity index is 2.12. The average molecular weight is 428 g/mol. The first-order valence-electron chi connectivity index (χ1n) is 9.36. The first kappa shape index (κ1) is 21.8. The Morgan fingerprint density at radius 2 is 1.87 bits per heavy atom. The van der Waals surface area contributed by atoms with Crippen molar-refractivity contribution in [2.24, 2.45) is 0 Å². The van der Waals surface area contributed by atoms with Gasteiger partial charge in [0.25, 0.3) is 17.5 Å². The van der Waals surface area contributed by atoms with Gasteiger partial charge in [-0.3, -0.25) is 29.4 Å². The number of rotatable bonds is 8. The Morgan fingerprint density at radius 3 is 2.48 bits per heavy atom. The number of esters is 1. The van der Waals surface area contributed by atoms with Gasteiger partial charge in [0.05, 0.1) is 43.8 Å². The SMILES string of the molecule is CCOc1cc([C@@H](CC(=O)OC)N2C(=O)c3cccc([N+](=O)[O-])c3C2=O)ccc1OC. The van der Waals surface area contributed by atoms with Crippen LogP contribution in [0.5, 0.6) is 11.5 Å². The first-order valence-corrected chi connectivity index (χ1v) is 9.36. The summed E-state index contributed by atoms with van der Waals surface area (Å²) in [6.45, 7) is 2.11. The molecule has 2 aromatic carbocycles. The molecule has 2 amide bonds. The van der Waals surface area contributed by atoms with Crippen molar-refractivity contribution in [3.8, 4) is 11.5 Å². The maximum Gasteiger partial charge on any atom is 0.307 e. The molecule has 3 rings (SSSR count). The van der Waals surface area contributed by atoms with E-state index < -0.39 is 34.4 Å². The molecule has 1 aliphatic heterocycles. The summed E-state index contributed by atoms with van der Waals surface area (Å²) in [5, 5.41) is 11.4. The van der Waals surface area contributed by atoms with Crippen LogP contribution < -0.4 is 9.47 Å². The number of benzene rings is 2. The summed E-state index contributed by atoms with van der Waals surface area (Å²) in [5.41, 5.74) is -0.453. The largest absolute Gasteiger partial charge is 0.493 e. The summed E-state index contributed by atoms with van der Waals surface area (Å²) in [6, 6.07) is 7.51. The molecule has 0 spiro atoms. The van der Waals surface area contributed by atoms with Crippen molar-refractivity contribution >= 4 is 23.5 Å². The van der Waals surface area contributed by atoms with E-state index in [0.717, 1.165) is 11.0 Å². The predicted octanol–water partition coefficient (Wildman–Crippen LogP) is 2.90. The normalized spacial score (nSPS) is 13.6. The Morgan fingerprint density at radius 1 is 1.13 bits per heavy atom. The van der Waals surface area contributed by atoms with Gasteiger partial charge in [0.1, 0.15) is 5.56 Å². The van der Waals surface area contributed by atoms with Crippen molar-refractivity contribution in [2.75, 3.05) is 20.8 Å². The third kappa shape index (κ3) is 3.91. The molecule has 0 saturated carbocycles. The van der Waals surface area contributed by atoms with Crippen LogP contribution in [0.25, 0.3) is 0 Å². The number of carbonyl (C=O) groups is 3. The number of carbonyl (C=O) groups excluding carboxylic acids is 3. The summed E-state index contributed by atoms with van der Waals surface area (Å²) in [7, 11) is 2.65. The Labute approximate surface area is 177 Å². The molecule has 0 radical (unpaired) electrons. The van der Waals surface area contributed by atoms with Crippen molar-refractivity contribution < 1.29 is 33.5 Å². The summed E-state index contributed by atoms with van der Waals surface area (Å²) in [6.07, 6.45) is -0.340. The fourth-order valence-corrected chi connectivity index (χ4v) is 3.49. The number of hydrogen-bond donors (Lipinski definition) is 0. The van der Waals surface area contributed by atoms with Crippen LogP contribution >= 0.6 is 0 Å². The molecule has 1 aliphatic rings. The number of methoxy groups -OCH3 is 2. The van der Waals surface area contributed by atoms with Gasteiger partial charge in [-0.2, -0.15) is 0 Å². The quantitative estimate of drug-likeness (QED) is 0.272. The lowest BCUT2D eigenvalue weighted by Gasteiger charge is -2.26. The van der Waals surface area contributed by atoms with Crippen LogP contribution in [0.1, 0.15) is 45.7 Å². The molecule has 2 aromatic rings. The second-order valence-corrected chi connectivity index (χ2v) is 6.58. The predicted molar refractivity (Wildman–Crippen MR) is 107 cm³/mol. The van der Waals surface area contributed by atoms with Gasteiger partial charge in [0.2, 0.25) is 0 Å². The van der Waals surface area contributed by atoms with Crippen LogP contribution in [-0.4, -0.2) is 48.4 Å². The Kier molecular flexibility index (Phi) is 6.19. The number of nitro benzene ring substituents is 1. The van der Waals surface area contributed by atoms with Crippen LogP contribution in [0, 0.1) is 10.1 Å². The lowest BCUT2D eigenvalue weighted by Crippen LogP contribution is -2.35. The van der Waals surface area contributed by atoms with Gasteiger partial charge in [-0.1, -0.05) is 12.1 Å². The van der Waals surface area contributed by atoms with Crippen molar-refractivity contribution in [3.63, 3.8) is 0 Å². The van der Waals surface area contributed by atoms with Gasteiger partial charge in [-0.15, -0.1) is 0 Å². The molecule has 1 heterocycles. The summed E-state index contributed by atoms with van der Waals surface area (Å²) in [5.74, 6) is -1.45. The molecule has 1 atom stereocenters. The molecule has 0 aromatic heterocycles. The summed E-state index contributed by atoms with van der Waals surface area (Å²) >= 11 is 0. The standard InChI is InChI=1S/C21H20N2O8/c1-4-31-17-10-12(8-9-16(17)29-2)15(11-18(24)30-3)22-20(25)13-6-5-7-14(23(27)28)19(13)21(22)26/h5-10,15H,4,11H2,1-3H3/t15-/m1/s1. The summed E-state index contributed by atoms with van der Waals surface area (Å²) < 4.78 is 15.6. The van der Waals surface area contributed by atoms with E-state index in [-0.39, 0.29) is 17.5 Å². The minimum absolute atomic E-state index is 0.0902. The van der Waals surface area contributed by atoms with E-state index in [0.29, 0.717) is 23.7 Å². The molecule has 0 N–H and O–H groups in total. The van der Waals surface area contributed by atoms with Gasteiger partial charge < -0.3 is 14.2 Å². The zero-order valence-corrected chi connectivity index (χ0v) is 17.1. The fraction of sp³-hybridized carbons (Fsp3) is 0.286. The van der Waals surface area contributed by atoms with E-state index in [1.807, 2.05) is 0 Å². The van der Waals surface area contributed by atoms with Crippen LogP contribution in [-0.2, 0) is 9.53 Å². The highest BCUT2D eigenvalue weighted by atomic mass is 16.6. The topological polar surface area (TPSA) is 125 Å². The monoisotopic (exact) mass is 428 g/mol. The molecule has 0 bridgehead atoms. The van der Waals surface area contributed by atoms with Gasteiger partial charge >= 0.3 is 5.97 Å². The summed E-state index contributed by atoms with van der Waals surface area (Å²) in [4.78, 5) is 49.9. The van der Waals surface area contributed by atoms with E-state index in [2.05, 4.69) is 0 Å². The van der Waals surface area contributed by atoms with E-state index in [1.165, 1.54) is 26.4 Å². The van der Waals surface area contributed by atoms with E-state index in [4.69, 9.17) is 14.2 Å². The second-order valence-electron chi connectivity index (χ2n) is 6.58. The number of amides is 2. The molecule has 0 aliphatic carbocycles. The molecule has 10 nitrogen and oxygen atoms in total. The Hall–Kier alpha value is -3.95. The highest BCUT2D eigenvalue weighted by Crippen LogP contribution is 2.39. The number of fused-ring (bicyclic) bond motifs is 1. The van der Waals surface area contributed by atoms with Crippen molar-refractivity contribution in [1.29, 1.82) is 0 Å². The van der Waals surface area contributed by atoms with Gasteiger partial charge in [0, 0.05) is 6.07 Å². The minimum Gasteiger partial charge on any atom is -0.493 e. The molecule has 31 heavy (non-hydrogen) atoms. The molecule has 0 saturated heterocycles. The van der Waals surface area contributed by atoms with Crippen LogP contribution in [0.15, 0.2) is 36.4 Å². The number of ether oxygens (including phenoxy) is 3. The number of nitro groups is 1. The smallest absolute Gasteiger partial charge is 0.307 e. The first-order chi connectivity index (χ1) is 14.8. The lowest BCUT2D eigenvalue weighted by molar-refractivity contribution is -0.385. The lowest BCUT2D eigenvalue weighted by atomic mass is 10.0. The van der Waals surface area contributed by atoms with E-state index in [1.54, 1.807) is 25.1 Å². The van der Waals surface area contributed by atoms with Crippen molar-refractivity contribution in [2.45, 2.75) is 19.4 Å². The molecular formula is C21H20N2O8. The van der Waals surface area contributed by atoms with E-state index in [9.17, 15) is 24.5 Å². The minimum atomic E-state index is -1.07. The van der Waals surface area contributed by atoms with Gasteiger partial charge in [0.15, 0.2) is 11.5 Å². The van der Waals surface area contributed by atoms with Crippen molar-refractivity contribution in [1.82, 2.24) is 4.90 Å². The van der Waals surface area contributed by atoms with Gasteiger partial charge in [-0.25, -0.2) is 0 Å². The van der Waals surface area contributed by atoms with E-state index >= 15 is 0 Å². The molecule has 162 valence electrons. The second kappa shape index (κ2) is 8.82. The maximum absolute atomic E-state index is 13.1.